The molecule has 4 aliphatic rings. The third-order valence-electron chi connectivity index (χ3n) is 9.34. The number of carbonyl (C=O) groups excluding carboxylic acids is 1. The van der Waals surface area contributed by atoms with Crippen molar-refractivity contribution in [2.45, 2.75) is 144 Å². The lowest BCUT2D eigenvalue weighted by Crippen LogP contribution is -2.62. The molecule has 0 aromatic carbocycles. The number of rotatable bonds is 10. The number of amides is 1. The Morgan fingerprint density at radius 1 is 0.936 bits per heavy atom. The predicted octanol–water partition coefficient (Wildman–Crippen LogP) is -4.61. The first kappa shape index (κ1) is 42.0. The first-order chi connectivity index (χ1) is 22.3. The highest BCUT2D eigenvalue weighted by Crippen LogP contribution is 2.32. The van der Waals surface area contributed by atoms with Gasteiger partial charge in [-0.05, 0) is 56.9 Å². The van der Waals surface area contributed by atoms with E-state index in [0.717, 1.165) is 32.1 Å². The summed E-state index contributed by atoms with van der Waals surface area (Å²) >= 11 is 0. The van der Waals surface area contributed by atoms with E-state index in [1.165, 1.54) is 0 Å². The third kappa shape index (κ3) is 13.6. The summed E-state index contributed by atoms with van der Waals surface area (Å²) in [7, 11) is 0. The van der Waals surface area contributed by atoms with Gasteiger partial charge in [0.2, 0.25) is 5.91 Å². The molecule has 4 fully saturated rings. The predicted molar refractivity (Wildman–Crippen MR) is 171 cm³/mol. The van der Waals surface area contributed by atoms with Crippen molar-refractivity contribution in [2.75, 3.05) is 26.2 Å². The van der Waals surface area contributed by atoms with Crippen LogP contribution in [-0.4, -0.2) is 147 Å². The molecule has 278 valence electrons. The van der Waals surface area contributed by atoms with Gasteiger partial charge in [-0.1, -0.05) is 13.3 Å². The summed E-state index contributed by atoms with van der Waals surface area (Å²) in [5, 5.41) is 68.0. The summed E-state index contributed by atoms with van der Waals surface area (Å²) < 4.78 is 16.3. The Balaban J connectivity index is 0.000000270. The topological polar surface area (TPSA) is 328 Å². The Hall–Kier alpha value is -1.13. The molecule has 10 unspecified atom stereocenters. The number of aliphatic hydroxyl groups is 7. The molecule has 0 radical (unpaired) electrons. The molecule has 47 heavy (non-hydrogen) atoms. The van der Waals surface area contributed by atoms with Crippen molar-refractivity contribution in [3.8, 4) is 0 Å². The standard InChI is InChI=1S/C15H29N3O5.C9H19NO2.C6H14N2O4/c16-7-11(20)6-14(21)18-10-3-9(17)4-13(5-10)23-15-2-1-12(8-19)22-15;1-2-8-6(5-10)3-7(11)4-9(8)12;7-1-2-4(9)5(10)3(8)6(11)12-2/h9-13,15,19-20H,1-8,16-17H2,(H,18,21);6-9,11-12H,2-5,10H2,1H3;2-6,9-11H,1,7-8H2/t;6?,7?,8?,9-;2-,3+,4+,5?,6-/m.10/s1. The zero-order valence-corrected chi connectivity index (χ0v) is 27.5. The van der Waals surface area contributed by atoms with Crippen LogP contribution in [-0.2, 0) is 19.0 Å². The quantitative estimate of drug-likeness (QED) is 0.103. The highest BCUT2D eigenvalue weighted by molar-refractivity contribution is 5.76. The van der Waals surface area contributed by atoms with Crippen molar-refractivity contribution >= 4 is 5.91 Å². The molecule has 4 rings (SSSR count). The van der Waals surface area contributed by atoms with Crippen molar-refractivity contribution in [3.05, 3.63) is 0 Å². The van der Waals surface area contributed by atoms with Crippen molar-refractivity contribution in [1.82, 2.24) is 5.32 Å². The van der Waals surface area contributed by atoms with Crippen molar-refractivity contribution in [1.29, 1.82) is 0 Å². The van der Waals surface area contributed by atoms with Crippen LogP contribution >= 0.6 is 0 Å². The molecule has 17 nitrogen and oxygen atoms in total. The number of aliphatic hydroxyl groups excluding tert-OH is 7. The van der Waals surface area contributed by atoms with Crippen LogP contribution in [0.2, 0.25) is 0 Å². The van der Waals surface area contributed by atoms with Crippen molar-refractivity contribution in [2.24, 2.45) is 40.5 Å². The molecule has 2 heterocycles. The van der Waals surface area contributed by atoms with Gasteiger partial charge in [-0.2, -0.15) is 0 Å². The summed E-state index contributed by atoms with van der Waals surface area (Å²) in [6.07, 6.45) is -0.539. The van der Waals surface area contributed by atoms with Crippen molar-refractivity contribution in [3.63, 3.8) is 0 Å². The minimum absolute atomic E-state index is 0.00230. The van der Waals surface area contributed by atoms with Crippen LogP contribution in [0.15, 0.2) is 0 Å². The van der Waals surface area contributed by atoms with E-state index in [0.29, 0.717) is 37.6 Å². The SMILES string of the molecule is CCC1C(CN)CC(O)C[C@H]1O.NCC(O)CC(=O)NC1CC(N)CC(OC2CCC(CO)O2)C1.NC[C@@H]1O[C@H](O)[C@H](N)C(O)[C@@H]1O. The second-order valence-corrected chi connectivity index (χ2v) is 13.2. The fourth-order valence-corrected chi connectivity index (χ4v) is 6.67. The molecule has 0 bridgehead atoms. The van der Waals surface area contributed by atoms with E-state index in [1.54, 1.807) is 0 Å². The smallest absolute Gasteiger partial charge is 0.222 e. The van der Waals surface area contributed by atoms with Gasteiger partial charge in [0.05, 0.1) is 49.6 Å². The van der Waals surface area contributed by atoms with Gasteiger partial charge in [0, 0.05) is 31.6 Å². The van der Waals surface area contributed by atoms with E-state index < -0.39 is 36.7 Å². The maximum Gasteiger partial charge on any atom is 0.222 e. The van der Waals surface area contributed by atoms with E-state index in [4.69, 9.17) is 53.1 Å². The highest BCUT2D eigenvalue weighted by atomic mass is 16.7. The molecule has 1 amide bonds. The summed E-state index contributed by atoms with van der Waals surface area (Å²) in [6, 6.07) is -1.10. The third-order valence-corrected chi connectivity index (χ3v) is 9.34. The van der Waals surface area contributed by atoms with Crippen LogP contribution < -0.4 is 34.0 Å². The lowest BCUT2D eigenvalue weighted by atomic mass is 9.75. The number of hydrogen-bond acceptors (Lipinski definition) is 16. The van der Waals surface area contributed by atoms with Crippen LogP contribution in [0, 0.1) is 11.8 Å². The first-order valence-corrected chi connectivity index (χ1v) is 16.8. The van der Waals surface area contributed by atoms with Crippen LogP contribution in [0.5, 0.6) is 0 Å². The molecule has 0 aromatic heterocycles. The first-order valence-electron chi connectivity index (χ1n) is 16.8. The van der Waals surface area contributed by atoms with Crippen LogP contribution in [0.3, 0.4) is 0 Å². The minimum Gasteiger partial charge on any atom is -0.394 e. The highest BCUT2D eigenvalue weighted by Gasteiger charge is 2.41. The molecule has 15 atom stereocenters. The zero-order valence-electron chi connectivity index (χ0n) is 27.5. The van der Waals surface area contributed by atoms with E-state index in [2.05, 4.69) is 12.2 Å². The Labute approximate surface area is 277 Å². The van der Waals surface area contributed by atoms with Gasteiger partial charge in [0.15, 0.2) is 12.6 Å². The van der Waals surface area contributed by atoms with Gasteiger partial charge in [0.25, 0.3) is 0 Å². The molecule has 0 aromatic rings. The average Bonchev–Trinajstić information content (AvgIpc) is 3.49. The van der Waals surface area contributed by atoms with Gasteiger partial charge in [0.1, 0.15) is 18.3 Å². The van der Waals surface area contributed by atoms with Crippen molar-refractivity contribution < 1.29 is 54.8 Å². The minimum atomic E-state index is -1.27. The summed E-state index contributed by atoms with van der Waals surface area (Å²) in [4.78, 5) is 11.9. The molecular weight excluding hydrogens is 620 g/mol. The molecule has 2 saturated heterocycles. The number of nitrogens with one attached hydrogen (secondary N) is 1. The van der Waals surface area contributed by atoms with Gasteiger partial charge >= 0.3 is 0 Å². The maximum atomic E-state index is 11.9. The fourth-order valence-electron chi connectivity index (χ4n) is 6.67. The lowest BCUT2D eigenvalue weighted by molar-refractivity contribution is -0.238. The van der Waals surface area contributed by atoms with Crippen LogP contribution in [0.1, 0.15) is 64.7 Å². The second kappa shape index (κ2) is 21.2. The Bertz CT molecular complexity index is 879. The monoisotopic (exact) mass is 682 g/mol. The van der Waals surface area contributed by atoms with Gasteiger partial charge in [-0.15, -0.1) is 0 Å². The largest absolute Gasteiger partial charge is 0.394 e. The van der Waals surface area contributed by atoms with Crippen LogP contribution in [0.4, 0.5) is 0 Å². The Morgan fingerprint density at radius 3 is 2.21 bits per heavy atom. The summed E-state index contributed by atoms with van der Waals surface area (Å²) in [6.45, 7) is 2.74. The second-order valence-electron chi connectivity index (χ2n) is 13.2. The van der Waals surface area contributed by atoms with E-state index in [1.807, 2.05) is 0 Å². The Morgan fingerprint density at radius 2 is 1.64 bits per heavy atom. The van der Waals surface area contributed by atoms with E-state index in [-0.39, 0.29) is 74.8 Å². The Kier molecular flexibility index (Phi) is 18.9. The fraction of sp³-hybridized carbons (Fsp3) is 0.967. The molecule has 18 N–H and O–H groups in total. The number of ether oxygens (including phenoxy) is 3. The average molecular weight is 683 g/mol. The molecule has 0 spiro atoms. The zero-order chi connectivity index (χ0) is 35.3. The van der Waals surface area contributed by atoms with E-state index >= 15 is 0 Å². The number of nitrogens with two attached hydrogens (primary N) is 5. The van der Waals surface area contributed by atoms with Crippen LogP contribution in [0.25, 0.3) is 0 Å². The maximum absolute atomic E-state index is 11.9. The van der Waals surface area contributed by atoms with Gasteiger partial charge in [-0.3, -0.25) is 4.79 Å². The summed E-state index contributed by atoms with van der Waals surface area (Å²) in [5.41, 5.74) is 27.5. The normalized spacial score (nSPS) is 41.1. The number of hydrogen-bond donors (Lipinski definition) is 13. The lowest BCUT2D eigenvalue weighted by Gasteiger charge is -2.38. The van der Waals surface area contributed by atoms with Gasteiger partial charge in [-0.25, -0.2) is 0 Å². The van der Waals surface area contributed by atoms with E-state index in [9.17, 15) is 30.3 Å². The molecular formula is C30H62N6O11. The molecule has 2 aliphatic carbocycles. The molecule has 2 aliphatic heterocycles. The van der Waals surface area contributed by atoms with Gasteiger partial charge < -0.3 is 83.9 Å². The molecule has 2 saturated carbocycles. The number of carbonyl (C=O) groups is 1. The summed E-state index contributed by atoms with van der Waals surface area (Å²) in [5.74, 6) is 0.366. The molecule has 17 heteroatoms.